The number of nitrogens with zero attached hydrogens (tertiary/aromatic N) is 1. The molecule has 3 aliphatic rings. The third-order valence-corrected chi connectivity index (χ3v) is 6.91. The molecule has 2 aliphatic heterocycles. The van der Waals surface area contributed by atoms with Crippen LogP contribution in [0.2, 0.25) is 0 Å². The first-order valence-corrected chi connectivity index (χ1v) is 11.2. The van der Waals surface area contributed by atoms with Crippen LogP contribution in [0.15, 0.2) is 47.0 Å². The van der Waals surface area contributed by atoms with Crippen LogP contribution in [0.25, 0.3) is 10.9 Å². The second-order valence-corrected chi connectivity index (χ2v) is 9.28. The largest absolute Gasteiger partial charge is 0.389 e. The van der Waals surface area contributed by atoms with Crippen molar-refractivity contribution in [1.29, 1.82) is 0 Å². The van der Waals surface area contributed by atoms with Crippen LogP contribution in [0, 0.1) is 5.82 Å². The molecule has 0 radical (unpaired) electrons. The number of benzene rings is 1. The number of allylic oxidation sites excluding steroid dienone is 4. The van der Waals surface area contributed by atoms with Crippen molar-refractivity contribution < 1.29 is 18.4 Å². The maximum absolute atomic E-state index is 14.7. The fourth-order valence-corrected chi connectivity index (χ4v) is 4.79. The van der Waals surface area contributed by atoms with E-state index in [9.17, 15) is 9.50 Å². The fraction of sp³-hybridized carbons (Fsp3) is 0.409. The maximum atomic E-state index is 14.7. The highest BCUT2D eigenvalue weighted by Gasteiger charge is 2.53. The lowest BCUT2D eigenvalue weighted by Crippen LogP contribution is -2.50. The third kappa shape index (κ3) is 4.02. The van der Waals surface area contributed by atoms with Gasteiger partial charge >= 0.3 is 0 Å². The Morgan fingerprint density at radius 2 is 2.20 bits per heavy atom. The Morgan fingerprint density at radius 1 is 1.33 bits per heavy atom. The predicted molar refractivity (Wildman–Crippen MR) is 115 cm³/mol. The quantitative estimate of drug-likeness (QED) is 0.525. The van der Waals surface area contributed by atoms with Gasteiger partial charge in [0.25, 0.3) is 0 Å². The molecule has 0 spiro atoms. The second kappa shape index (κ2) is 8.22. The summed E-state index contributed by atoms with van der Waals surface area (Å²) in [7, 11) is 0. The molecule has 158 valence electrons. The highest BCUT2D eigenvalue weighted by molar-refractivity contribution is 8.00. The Labute approximate surface area is 183 Å². The Kier molecular flexibility index (Phi) is 5.60. The normalized spacial score (nSPS) is 28.9. The Bertz CT molecular complexity index is 1040. The number of fused-ring (bicyclic) bond motifs is 1. The third-order valence-electron chi connectivity index (χ3n) is 5.77. The summed E-state index contributed by atoms with van der Waals surface area (Å²) in [5.41, 5.74) is 3.19. The molecule has 2 aromatic rings. The molecule has 1 aromatic heterocycles. The van der Waals surface area contributed by atoms with Gasteiger partial charge in [-0.15, -0.1) is 0 Å². The van der Waals surface area contributed by atoms with Gasteiger partial charge in [-0.25, -0.2) is 9.37 Å². The number of halogens is 2. The first kappa shape index (κ1) is 20.4. The average Bonchev–Trinajstić information content (AvgIpc) is 3.53. The van der Waals surface area contributed by atoms with Crippen molar-refractivity contribution in [3.05, 3.63) is 64.1 Å². The Morgan fingerprint density at radius 3 is 2.93 bits per heavy atom. The van der Waals surface area contributed by atoms with Gasteiger partial charge in [0.15, 0.2) is 0 Å². The van der Waals surface area contributed by atoms with Crippen LogP contribution in [-0.2, 0) is 20.4 Å². The van der Waals surface area contributed by atoms with Crippen LogP contribution < -0.4 is 5.32 Å². The topological polar surface area (TPSA) is 66.9 Å². The standard InChI is InChI=1S/C22H22ClFN2O3S/c23-15-6-4-13(5-7-15)10-14-11-20(25-21-16(14)2-1-3-17(21)24)22(29-30-22)26-18-8-9-28-12-19(18)27/h1-4,6,11,18-19,26-27H,5,7-10,12H2/t18-,19-,22?/m0/s1. The fourth-order valence-electron chi connectivity index (χ4n) is 4.03. The lowest BCUT2D eigenvalue weighted by Gasteiger charge is -2.30. The van der Waals surface area contributed by atoms with E-state index in [1.165, 1.54) is 23.7 Å². The molecule has 0 saturated carbocycles. The number of aliphatic hydroxyl groups excluding tert-OH is 1. The average molecular weight is 449 g/mol. The minimum atomic E-state index is -0.877. The van der Waals surface area contributed by atoms with Gasteiger partial charge in [-0.3, -0.25) is 9.50 Å². The summed E-state index contributed by atoms with van der Waals surface area (Å²) in [4.78, 5) is 4.62. The summed E-state index contributed by atoms with van der Waals surface area (Å²) >= 11 is 7.34. The van der Waals surface area contributed by atoms with Crippen molar-refractivity contribution in [3.8, 4) is 0 Å². The van der Waals surface area contributed by atoms with E-state index in [1.54, 1.807) is 6.07 Å². The molecule has 0 amide bonds. The van der Waals surface area contributed by atoms with E-state index in [2.05, 4.69) is 10.3 Å². The second-order valence-electron chi connectivity index (χ2n) is 7.88. The highest BCUT2D eigenvalue weighted by Crippen LogP contribution is 2.54. The van der Waals surface area contributed by atoms with E-state index in [4.69, 9.17) is 20.5 Å². The molecule has 3 atom stereocenters. The highest BCUT2D eigenvalue weighted by atomic mass is 35.5. The minimum absolute atomic E-state index is 0.177. The molecule has 0 bridgehead atoms. The van der Waals surface area contributed by atoms with Crippen molar-refractivity contribution in [2.24, 2.45) is 0 Å². The SMILES string of the molecule is O[C@H]1COCC[C@@H]1NC1(c2cc(CC3=CC=C(Cl)CC3)c3cccc(F)c3n2)OS1. The number of aliphatic hydroxyl groups is 1. The Hall–Kier alpha value is -1.48. The van der Waals surface area contributed by atoms with Gasteiger partial charge in [-0.05, 0) is 49.5 Å². The number of nitrogens with one attached hydrogen (secondary N) is 1. The molecule has 1 aliphatic carbocycles. The van der Waals surface area contributed by atoms with Crippen molar-refractivity contribution in [2.75, 3.05) is 13.2 Å². The molecule has 30 heavy (non-hydrogen) atoms. The van der Waals surface area contributed by atoms with E-state index in [1.807, 2.05) is 24.3 Å². The van der Waals surface area contributed by atoms with Crippen LogP contribution in [0.4, 0.5) is 4.39 Å². The molecule has 2 N–H and O–H groups in total. The number of pyridine rings is 1. The molecule has 8 heteroatoms. The van der Waals surface area contributed by atoms with Crippen LogP contribution in [0.5, 0.6) is 0 Å². The van der Waals surface area contributed by atoms with Crippen molar-refractivity contribution in [3.63, 3.8) is 0 Å². The van der Waals surface area contributed by atoms with E-state index < -0.39 is 11.2 Å². The zero-order chi connectivity index (χ0) is 20.7. The van der Waals surface area contributed by atoms with E-state index in [0.29, 0.717) is 30.7 Å². The van der Waals surface area contributed by atoms with Crippen LogP contribution >= 0.6 is 23.6 Å². The molecule has 1 aromatic carbocycles. The molecule has 2 fully saturated rings. The van der Waals surface area contributed by atoms with Gasteiger partial charge in [0.05, 0.1) is 24.8 Å². The van der Waals surface area contributed by atoms with Crippen LogP contribution in [0.3, 0.4) is 0 Å². The lowest BCUT2D eigenvalue weighted by molar-refractivity contribution is -0.0362. The predicted octanol–water partition coefficient (Wildman–Crippen LogP) is 4.29. The number of ether oxygens (including phenoxy) is 1. The van der Waals surface area contributed by atoms with Crippen LogP contribution in [-0.4, -0.2) is 35.5 Å². The number of hydrogen-bond donors (Lipinski definition) is 2. The number of para-hydroxylation sites is 1. The Balaban J connectivity index is 1.52. The minimum Gasteiger partial charge on any atom is -0.389 e. The molecule has 2 saturated heterocycles. The summed E-state index contributed by atoms with van der Waals surface area (Å²) < 4.78 is 25.7. The molecular weight excluding hydrogens is 427 g/mol. The summed E-state index contributed by atoms with van der Waals surface area (Å²) in [6, 6.07) is 6.85. The van der Waals surface area contributed by atoms with Gasteiger partial charge in [0.1, 0.15) is 17.0 Å². The molecule has 5 rings (SSSR count). The van der Waals surface area contributed by atoms with Gasteiger partial charge in [-0.2, -0.15) is 0 Å². The maximum Gasteiger partial charge on any atom is 0.249 e. The van der Waals surface area contributed by atoms with E-state index in [0.717, 1.165) is 28.8 Å². The summed E-state index contributed by atoms with van der Waals surface area (Å²) in [6.45, 7) is 0.860. The van der Waals surface area contributed by atoms with E-state index >= 15 is 0 Å². The summed E-state index contributed by atoms with van der Waals surface area (Å²) in [5.74, 6) is -0.358. The number of hydrogen-bond acceptors (Lipinski definition) is 6. The van der Waals surface area contributed by atoms with Crippen LogP contribution in [0.1, 0.15) is 30.5 Å². The molecular formula is C22H22ClFN2O3S. The van der Waals surface area contributed by atoms with Crippen molar-refractivity contribution >= 4 is 34.5 Å². The first-order valence-electron chi connectivity index (χ1n) is 10.1. The lowest BCUT2D eigenvalue weighted by atomic mass is 9.94. The number of rotatable bonds is 5. The zero-order valence-electron chi connectivity index (χ0n) is 16.2. The summed E-state index contributed by atoms with van der Waals surface area (Å²) in [5, 5.41) is 14.4. The molecule has 5 nitrogen and oxygen atoms in total. The molecule has 1 unspecified atom stereocenters. The van der Waals surface area contributed by atoms with Gasteiger partial charge in [0, 0.05) is 23.1 Å². The zero-order valence-corrected chi connectivity index (χ0v) is 17.8. The summed E-state index contributed by atoms with van der Waals surface area (Å²) in [6.07, 6.45) is 6.42. The number of aromatic nitrogens is 1. The first-order chi connectivity index (χ1) is 14.5. The smallest absolute Gasteiger partial charge is 0.249 e. The van der Waals surface area contributed by atoms with Gasteiger partial charge < -0.3 is 9.84 Å². The van der Waals surface area contributed by atoms with Crippen molar-refractivity contribution in [2.45, 2.75) is 42.9 Å². The monoisotopic (exact) mass is 448 g/mol. The van der Waals surface area contributed by atoms with E-state index in [-0.39, 0.29) is 18.5 Å². The molecule has 3 heterocycles. The van der Waals surface area contributed by atoms with Gasteiger partial charge in [-0.1, -0.05) is 35.4 Å². The van der Waals surface area contributed by atoms with Crippen molar-refractivity contribution in [1.82, 2.24) is 10.3 Å². The van der Waals surface area contributed by atoms with Gasteiger partial charge in [0.2, 0.25) is 5.06 Å².